The SMILES string of the molecule is Cc1ccc(CC(C)(C)c2ccccc2)cc1. The monoisotopic (exact) mass is 224 g/mol. The third-order valence-electron chi connectivity index (χ3n) is 3.32. The highest BCUT2D eigenvalue weighted by atomic mass is 14.2. The lowest BCUT2D eigenvalue weighted by molar-refractivity contribution is 0.522. The molecular formula is C17H20. The third-order valence-corrected chi connectivity index (χ3v) is 3.32. The molecule has 0 heterocycles. The van der Waals surface area contributed by atoms with Crippen molar-refractivity contribution in [2.45, 2.75) is 32.6 Å². The molecule has 0 heteroatoms. The highest BCUT2D eigenvalue weighted by molar-refractivity contribution is 5.29. The molecule has 0 aliphatic heterocycles. The van der Waals surface area contributed by atoms with Gasteiger partial charge in [0.1, 0.15) is 0 Å². The van der Waals surface area contributed by atoms with Crippen LogP contribution in [-0.4, -0.2) is 0 Å². The van der Waals surface area contributed by atoms with Gasteiger partial charge in [-0.15, -0.1) is 0 Å². The summed E-state index contributed by atoms with van der Waals surface area (Å²) < 4.78 is 0. The Morgan fingerprint density at radius 2 is 1.41 bits per heavy atom. The van der Waals surface area contributed by atoms with Crippen molar-refractivity contribution < 1.29 is 0 Å². The topological polar surface area (TPSA) is 0 Å². The minimum Gasteiger partial charge on any atom is -0.0622 e. The fourth-order valence-corrected chi connectivity index (χ4v) is 2.21. The van der Waals surface area contributed by atoms with Crippen molar-refractivity contribution in [3.05, 3.63) is 71.3 Å². The van der Waals surface area contributed by atoms with Crippen molar-refractivity contribution in [1.82, 2.24) is 0 Å². The highest BCUT2D eigenvalue weighted by Crippen LogP contribution is 2.27. The lowest BCUT2D eigenvalue weighted by Gasteiger charge is -2.25. The highest BCUT2D eigenvalue weighted by Gasteiger charge is 2.20. The molecule has 17 heavy (non-hydrogen) atoms. The standard InChI is InChI=1S/C17H20/c1-14-9-11-15(12-10-14)13-17(2,3)16-7-5-4-6-8-16/h4-12H,13H2,1-3H3. The van der Waals surface area contributed by atoms with Crippen molar-refractivity contribution in [3.8, 4) is 0 Å². The maximum atomic E-state index is 2.31. The molecule has 0 nitrogen and oxygen atoms in total. The van der Waals surface area contributed by atoms with Gasteiger partial charge in [-0.1, -0.05) is 74.0 Å². The Balaban J connectivity index is 2.20. The minimum absolute atomic E-state index is 0.191. The Hall–Kier alpha value is -1.56. The summed E-state index contributed by atoms with van der Waals surface area (Å²) in [5.41, 5.74) is 4.33. The van der Waals surface area contributed by atoms with Crippen LogP contribution in [0.2, 0.25) is 0 Å². The van der Waals surface area contributed by atoms with E-state index in [0.717, 1.165) is 6.42 Å². The Kier molecular flexibility index (Phi) is 3.33. The Morgan fingerprint density at radius 1 is 0.824 bits per heavy atom. The van der Waals surface area contributed by atoms with Crippen molar-refractivity contribution in [2.75, 3.05) is 0 Å². The number of hydrogen-bond acceptors (Lipinski definition) is 0. The first-order chi connectivity index (χ1) is 8.08. The van der Waals surface area contributed by atoms with Gasteiger partial charge in [-0.2, -0.15) is 0 Å². The van der Waals surface area contributed by atoms with Crippen molar-refractivity contribution in [2.24, 2.45) is 0 Å². The summed E-state index contributed by atoms with van der Waals surface area (Å²) in [6.07, 6.45) is 1.08. The van der Waals surface area contributed by atoms with E-state index in [0.29, 0.717) is 0 Å². The van der Waals surface area contributed by atoms with Gasteiger partial charge in [-0.3, -0.25) is 0 Å². The summed E-state index contributed by atoms with van der Waals surface area (Å²) in [5, 5.41) is 0. The molecule has 0 bridgehead atoms. The van der Waals surface area contributed by atoms with Crippen molar-refractivity contribution in [3.63, 3.8) is 0 Å². The van der Waals surface area contributed by atoms with Crippen LogP contribution in [0, 0.1) is 6.92 Å². The number of rotatable bonds is 3. The molecular weight excluding hydrogens is 204 g/mol. The van der Waals surface area contributed by atoms with E-state index in [2.05, 4.69) is 75.4 Å². The normalized spacial score (nSPS) is 11.5. The summed E-state index contributed by atoms with van der Waals surface area (Å²) in [6, 6.07) is 19.6. The van der Waals surface area contributed by atoms with Crippen LogP contribution in [0.5, 0.6) is 0 Å². The first kappa shape index (κ1) is 11.9. The third kappa shape index (κ3) is 2.97. The van der Waals surface area contributed by atoms with E-state index in [4.69, 9.17) is 0 Å². The average molecular weight is 224 g/mol. The smallest absolute Gasteiger partial charge is 0.00632 e. The summed E-state index contributed by atoms with van der Waals surface area (Å²) in [4.78, 5) is 0. The van der Waals surface area contributed by atoms with Gasteiger partial charge in [0.25, 0.3) is 0 Å². The van der Waals surface area contributed by atoms with Gasteiger partial charge in [0, 0.05) is 0 Å². The second-order valence-electron chi connectivity index (χ2n) is 5.41. The first-order valence-corrected chi connectivity index (χ1v) is 6.19. The van der Waals surface area contributed by atoms with E-state index in [-0.39, 0.29) is 5.41 Å². The molecule has 0 spiro atoms. The van der Waals surface area contributed by atoms with Crippen LogP contribution in [0.3, 0.4) is 0 Å². The van der Waals surface area contributed by atoms with E-state index in [1.165, 1.54) is 16.7 Å². The fourth-order valence-electron chi connectivity index (χ4n) is 2.21. The molecule has 0 radical (unpaired) electrons. The molecule has 0 aliphatic rings. The predicted octanol–water partition coefficient (Wildman–Crippen LogP) is 4.52. The zero-order valence-electron chi connectivity index (χ0n) is 10.9. The van der Waals surface area contributed by atoms with Gasteiger partial charge in [-0.05, 0) is 29.9 Å². The van der Waals surface area contributed by atoms with Gasteiger partial charge in [-0.25, -0.2) is 0 Å². The molecule has 0 unspecified atom stereocenters. The molecule has 0 saturated heterocycles. The van der Waals surface area contributed by atoms with Gasteiger partial charge >= 0.3 is 0 Å². The molecule has 0 amide bonds. The van der Waals surface area contributed by atoms with Crippen LogP contribution in [0.1, 0.15) is 30.5 Å². The Morgan fingerprint density at radius 3 is 2.00 bits per heavy atom. The zero-order chi connectivity index (χ0) is 12.3. The lowest BCUT2D eigenvalue weighted by atomic mass is 9.79. The van der Waals surface area contributed by atoms with Crippen LogP contribution >= 0.6 is 0 Å². The van der Waals surface area contributed by atoms with E-state index in [1.807, 2.05) is 0 Å². The summed E-state index contributed by atoms with van der Waals surface area (Å²) >= 11 is 0. The van der Waals surface area contributed by atoms with Crippen LogP contribution in [0.25, 0.3) is 0 Å². The Bertz CT molecular complexity index is 463. The second kappa shape index (κ2) is 4.75. The molecule has 0 aliphatic carbocycles. The molecule has 0 aromatic heterocycles. The van der Waals surface area contributed by atoms with Crippen LogP contribution < -0.4 is 0 Å². The summed E-state index contributed by atoms with van der Waals surface area (Å²) in [7, 11) is 0. The quantitative estimate of drug-likeness (QED) is 0.719. The summed E-state index contributed by atoms with van der Waals surface area (Å²) in [5.74, 6) is 0. The maximum Gasteiger partial charge on any atom is -0.00632 e. The zero-order valence-corrected chi connectivity index (χ0v) is 10.9. The molecule has 0 atom stereocenters. The number of benzene rings is 2. The van der Waals surface area contributed by atoms with E-state index in [9.17, 15) is 0 Å². The molecule has 2 aromatic carbocycles. The van der Waals surface area contributed by atoms with E-state index < -0.39 is 0 Å². The van der Waals surface area contributed by atoms with Crippen LogP contribution in [-0.2, 0) is 11.8 Å². The molecule has 0 saturated carbocycles. The average Bonchev–Trinajstić information content (AvgIpc) is 2.33. The van der Waals surface area contributed by atoms with Gasteiger partial charge in [0.15, 0.2) is 0 Å². The molecule has 88 valence electrons. The van der Waals surface area contributed by atoms with Crippen molar-refractivity contribution in [1.29, 1.82) is 0 Å². The lowest BCUT2D eigenvalue weighted by Crippen LogP contribution is -2.20. The maximum absolute atomic E-state index is 2.31. The fraction of sp³-hybridized carbons (Fsp3) is 0.294. The first-order valence-electron chi connectivity index (χ1n) is 6.19. The number of aryl methyl sites for hydroxylation is 1. The molecule has 2 aromatic rings. The van der Waals surface area contributed by atoms with E-state index in [1.54, 1.807) is 0 Å². The molecule has 0 N–H and O–H groups in total. The van der Waals surface area contributed by atoms with E-state index >= 15 is 0 Å². The number of hydrogen-bond donors (Lipinski definition) is 0. The predicted molar refractivity (Wildman–Crippen MR) is 74.4 cm³/mol. The second-order valence-corrected chi connectivity index (χ2v) is 5.41. The van der Waals surface area contributed by atoms with Gasteiger partial charge in [0.05, 0.1) is 0 Å². The van der Waals surface area contributed by atoms with Gasteiger partial charge < -0.3 is 0 Å². The molecule has 0 fully saturated rings. The minimum atomic E-state index is 0.191. The van der Waals surface area contributed by atoms with Gasteiger partial charge in [0.2, 0.25) is 0 Å². The largest absolute Gasteiger partial charge is 0.0622 e. The van der Waals surface area contributed by atoms with Crippen molar-refractivity contribution >= 4 is 0 Å². The summed E-state index contributed by atoms with van der Waals surface area (Å²) in [6.45, 7) is 6.75. The van der Waals surface area contributed by atoms with Crippen LogP contribution in [0.4, 0.5) is 0 Å². The molecule has 2 rings (SSSR count). The van der Waals surface area contributed by atoms with Crippen LogP contribution in [0.15, 0.2) is 54.6 Å². The Labute approximate surface area is 104 Å².